The standard InChI is InChI=1S/C16H15N5O/c1-12-7-15(19-10-18-12)20-16(22)14-4-2-3-13(8-14)9-21-6-5-17-11-21/h2-8,10-11H,9H2,1H3,(H,18,19,20,22). The molecule has 0 aliphatic carbocycles. The van der Waals surface area contributed by atoms with Crippen molar-refractivity contribution < 1.29 is 4.79 Å². The van der Waals surface area contributed by atoms with Crippen LogP contribution in [0, 0.1) is 6.92 Å². The molecule has 0 spiro atoms. The lowest BCUT2D eigenvalue weighted by Crippen LogP contribution is -2.13. The van der Waals surface area contributed by atoms with Gasteiger partial charge in [-0.15, -0.1) is 0 Å². The van der Waals surface area contributed by atoms with Crippen LogP contribution in [0.3, 0.4) is 0 Å². The molecule has 110 valence electrons. The number of aromatic nitrogens is 4. The summed E-state index contributed by atoms with van der Waals surface area (Å²) in [6.45, 7) is 2.52. The van der Waals surface area contributed by atoms with Crippen LogP contribution in [0.1, 0.15) is 21.6 Å². The summed E-state index contributed by atoms with van der Waals surface area (Å²) in [5, 5.41) is 2.78. The number of carbonyl (C=O) groups excluding carboxylic acids is 1. The maximum atomic E-state index is 12.3. The molecule has 1 N–H and O–H groups in total. The number of nitrogens with zero attached hydrogens (tertiary/aromatic N) is 4. The van der Waals surface area contributed by atoms with E-state index in [0.29, 0.717) is 17.9 Å². The second-order valence-corrected chi connectivity index (χ2v) is 4.93. The summed E-state index contributed by atoms with van der Waals surface area (Å²) in [7, 11) is 0. The Balaban J connectivity index is 1.75. The Morgan fingerprint density at radius 2 is 2.18 bits per heavy atom. The van der Waals surface area contributed by atoms with Crippen LogP contribution in [0.25, 0.3) is 0 Å². The SMILES string of the molecule is Cc1cc(NC(=O)c2cccc(Cn3ccnc3)c2)ncn1. The fourth-order valence-corrected chi connectivity index (χ4v) is 2.11. The zero-order valence-corrected chi connectivity index (χ0v) is 12.1. The summed E-state index contributed by atoms with van der Waals surface area (Å²) < 4.78 is 1.95. The van der Waals surface area contributed by atoms with Gasteiger partial charge in [-0.25, -0.2) is 15.0 Å². The number of rotatable bonds is 4. The minimum atomic E-state index is -0.189. The summed E-state index contributed by atoms with van der Waals surface area (Å²) >= 11 is 0. The topological polar surface area (TPSA) is 72.7 Å². The third kappa shape index (κ3) is 3.35. The van der Waals surface area contributed by atoms with Crippen LogP contribution in [0.4, 0.5) is 5.82 Å². The number of amides is 1. The van der Waals surface area contributed by atoms with Crippen molar-refractivity contribution >= 4 is 11.7 Å². The quantitative estimate of drug-likeness (QED) is 0.801. The van der Waals surface area contributed by atoms with E-state index < -0.39 is 0 Å². The molecule has 0 aliphatic rings. The Hall–Kier alpha value is -3.02. The van der Waals surface area contributed by atoms with Crippen molar-refractivity contribution in [1.82, 2.24) is 19.5 Å². The van der Waals surface area contributed by atoms with Gasteiger partial charge in [-0.2, -0.15) is 0 Å². The number of nitrogens with one attached hydrogen (secondary N) is 1. The van der Waals surface area contributed by atoms with Crippen LogP contribution in [0.2, 0.25) is 0 Å². The molecular formula is C16H15N5O. The number of hydrogen-bond acceptors (Lipinski definition) is 4. The van der Waals surface area contributed by atoms with Gasteiger partial charge >= 0.3 is 0 Å². The van der Waals surface area contributed by atoms with E-state index in [2.05, 4.69) is 20.3 Å². The number of aryl methyl sites for hydroxylation is 1. The Morgan fingerprint density at radius 3 is 2.95 bits per heavy atom. The van der Waals surface area contributed by atoms with E-state index in [4.69, 9.17) is 0 Å². The predicted octanol–water partition coefficient (Wildman–Crippen LogP) is 2.28. The van der Waals surface area contributed by atoms with Crippen molar-refractivity contribution in [3.63, 3.8) is 0 Å². The normalized spacial score (nSPS) is 10.4. The molecule has 0 unspecified atom stereocenters. The monoisotopic (exact) mass is 293 g/mol. The van der Waals surface area contributed by atoms with Gasteiger partial charge in [-0.3, -0.25) is 4.79 Å². The maximum absolute atomic E-state index is 12.3. The highest BCUT2D eigenvalue weighted by Crippen LogP contribution is 2.10. The molecule has 1 aromatic carbocycles. The Bertz CT molecular complexity index is 783. The van der Waals surface area contributed by atoms with Crippen molar-refractivity contribution in [1.29, 1.82) is 0 Å². The molecule has 6 heteroatoms. The Kier molecular flexibility index (Phi) is 3.91. The van der Waals surface area contributed by atoms with Crippen LogP contribution < -0.4 is 5.32 Å². The van der Waals surface area contributed by atoms with Gasteiger partial charge < -0.3 is 9.88 Å². The Labute approximate surface area is 127 Å². The summed E-state index contributed by atoms with van der Waals surface area (Å²) in [5.74, 6) is 0.308. The van der Waals surface area contributed by atoms with E-state index in [1.54, 1.807) is 24.7 Å². The first-order chi connectivity index (χ1) is 10.7. The zero-order chi connectivity index (χ0) is 15.4. The van der Waals surface area contributed by atoms with Crippen molar-refractivity contribution in [2.24, 2.45) is 0 Å². The average molecular weight is 293 g/mol. The lowest BCUT2D eigenvalue weighted by Gasteiger charge is -2.07. The smallest absolute Gasteiger partial charge is 0.256 e. The Morgan fingerprint density at radius 1 is 1.27 bits per heavy atom. The number of benzene rings is 1. The van der Waals surface area contributed by atoms with Gasteiger partial charge in [0.15, 0.2) is 0 Å². The third-order valence-corrected chi connectivity index (χ3v) is 3.16. The fraction of sp³-hybridized carbons (Fsp3) is 0.125. The first-order valence-corrected chi connectivity index (χ1v) is 6.85. The summed E-state index contributed by atoms with van der Waals surface area (Å²) in [6, 6.07) is 9.22. The van der Waals surface area contributed by atoms with Gasteiger partial charge in [0.25, 0.3) is 5.91 Å². The predicted molar refractivity (Wildman–Crippen MR) is 82.5 cm³/mol. The lowest BCUT2D eigenvalue weighted by molar-refractivity contribution is 0.102. The number of anilines is 1. The minimum Gasteiger partial charge on any atom is -0.333 e. The second kappa shape index (κ2) is 6.17. The summed E-state index contributed by atoms with van der Waals surface area (Å²) in [6.07, 6.45) is 6.79. The first kappa shape index (κ1) is 13.9. The van der Waals surface area contributed by atoms with E-state index in [9.17, 15) is 4.79 Å². The molecule has 2 heterocycles. The van der Waals surface area contributed by atoms with E-state index in [0.717, 1.165) is 11.3 Å². The molecule has 3 aromatic rings. The van der Waals surface area contributed by atoms with E-state index in [1.165, 1.54) is 6.33 Å². The van der Waals surface area contributed by atoms with Crippen molar-refractivity contribution in [2.75, 3.05) is 5.32 Å². The highest BCUT2D eigenvalue weighted by atomic mass is 16.1. The van der Waals surface area contributed by atoms with Gasteiger partial charge in [-0.1, -0.05) is 12.1 Å². The first-order valence-electron chi connectivity index (χ1n) is 6.85. The van der Waals surface area contributed by atoms with Crippen LogP contribution in [0.5, 0.6) is 0 Å². The molecule has 0 bridgehead atoms. The molecule has 1 amide bonds. The number of carbonyl (C=O) groups is 1. The molecule has 0 aliphatic heterocycles. The number of imidazole rings is 1. The number of hydrogen-bond donors (Lipinski definition) is 1. The molecular weight excluding hydrogens is 278 g/mol. The van der Waals surface area contributed by atoms with Crippen LogP contribution in [-0.2, 0) is 6.54 Å². The molecule has 3 rings (SSSR count). The largest absolute Gasteiger partial charge is 0.333 e. The van der Waals surface area contributed by atoms with Gasteiger partial charge in [0.2, 0.25) is 0 Å². The van der Waals surface area contributed by atoms with E-state index in [-0.39, 0.29) is 5.91 Å². The van der Waals surface area contributed by atoms with Gasteiger partial charge in [0.05, 0.1) is 6.33 Å². The zero-order valence-electron chi connectivity index (χ0n) is 12.1. The highest BCUT2D eigenvalue weighted by molar-refractivity contribution is 6.03. The molecule has 22 heavy (non-hydrogen) atoms. The molecule has 0 atom stereocenters. The highest BCUT2D eigenvalue weighted by Gasteiger charge is 2.08. The second-order valence-electron chi connectivity index (χ2n) is 4.93. The minimum absolute atomic E-state index is 0.189. The van der Waals surface area contributed by atoms with E-state index >= 15 is 0 Å². The van der Waals surface area contributed by atoms with Crippen molar-refractivity contribution in [2.45, 2.75) is 13.5 Å². The van der Waals surface area contributed by atoms with Gasteiger partial charge in [0, 0.05) is 36.3 Å². The summed E-state index contributed by atoms with van der Waals surface area (Å²) in [5.41, 5.74) is 2.43. The molecule has 0 radical (unpaired) electrons. The van der Waals surface area contributed by atoms with Crippen LogP contribution in [0.15, 0.2) is 55.4 Å². The van der Waals surface area contributed by atoms with Crippen molar-refractivity contribution in [3.05, 3.63) is 72.2 Å². The van der Waals surface area contributed by atoms with Crippen molar-refractivity contribution in [3.8, 4) is 0 Å². The molecule has 6 nitrogen and oxygen atoms in total. The maximum Gasteiger partial charge on any atom is 0.256 e. The molecule has 2 aromatic heterocycles. The fourth-order valence-electron chi connectivity index (χ4n) is 2.11. The van der Waals surface area contributed by atoms with Crippen LogP contribution in [-0.4, -0.2) is 25.4 Å². The summed E-state index contributed by atoms with van der Waals surface area (Å²) in [4.78, 5) is 24.3. The third-order valence-electron chi connectivity index (χ3n) is 3.16. The van der Waals surface area contributed by atoms with Gasteiger partial charge in [0.1, 0.15) is 12.1 Å². The van der Waals surface area contributed by atoms with Gasteiger partial charge in [-0.05, 0) is 24.6 Å². The molecule has 0 saturated heterocycles. The average Bonchev–Trinajstić information content (AvgIpc) is 3.00. The molecule has 0 saturated carbocycles. The van der Waals surface area contributed by atoms with E-state index in [1.807, 2.05) is 35.9 Å². The van der Waals surface area contributed by atoms with Crippen LogP contribution >= 0.6 is 0 Å². The molecule has 0 fully saturated rings. The lowest BCUT2D eigenvalue weighted by atomic mass is 10.1.